The van der Waals surface area contributed by atoms with Crippen molar-refractivity contribution in [2.24, 2.45) is 5.92 Å². The number of hydrogen-bond donors (Lipinski definition) is 1. The molecule has 2 aromatic carbocycles. The zero-order valence-corrected chi connectivity index (χ0v) is 20.9. The summed E-state index contributed by atoms with van der Waals surface area (Å²) in [4.78, 5) is 16.1. The Balaban J connectivity index is 1.57. The van der Waals surface area contributed by atoms with E-state index in [9.17, 15) is 13.2 Å². The molecule has 0 radical (unpaired) electrons. The van der Waals surface area contributed by atoms with Crippen LogP contribution in [0.2, 0.25) is 0 Å². The van der Waals surface area contributed by atoms with E-state index in [1.54, 1.807) is 36.0 Å². The number of carbonyl (C=O) groups excluding carboxylic acids is 1. The zero-order valence-electron chi connectivity index (χ0n) is 19.2. The molecule has 174 valence electrons. The summed E-state index contributed by atoms with van der Waals surface area (Å²) in [7, 11) is -2.30. The fourth-order valence-electron chi connectivity index (χ4n) is 3.98. The van der Waals surface area contributed by atoms with Gasteiger partial charge in [-0.2, -0.15) is 4.31 Å². The van der Waals surface area contributed by atoms with Gasteiger partial charge in [0.05, 0.1) is 17.5 Å². The minimum Gasteiger partial charge on any atom is -0.371 e. The van der Waals surface area contributed by atoms with Crippen molar-refractivity contribution in [3.05, 3.63) is 54.1 Å². The van der Waals surface area contributed by atoms with Gasteiger partial charge in [-0.15, -0.1) is 11.8 Å². The fourth-order valence-corrected chi connectivity index (χ4v) is 5.52. The first-order chi connectivity index (χ1) is 15.2. The molecule has 1 N–H and O–H groups in total. The molecule has 0 spiro atoms. The summed E-state index contributed by atoms with van der Waals surface area (Å²) in [5, 5.41) is 2.91. The van der Waals surface area contributed by atoms with Crippen LogP contribution in [0.25, 0.3) is 0 Å². The molecular weight excluding hydrogens is 442 g/mol. The van der Waals surface area contributed by atoms with E-state index < -0.39 is 10.0 Å². The Labute approximate surface area is 196 Å². The van der Waals surface area contributed by atoms with Gasteiger partial charge in [-0.05, 0) is 73.9 Å². The van der Waals surface area contributed by atoms with Gasteiger partial charge in [-0.3, -0.25) is 4.79 Å². The summed E-state index contributed by atoms with van der Waals surface area (Å²) in [6, 6.07) is 14.7. The van der Waals surface area contributed by atoms with E-state index in [0.717, 1.165) is 27.9 Å². The minimum atomic E-state index is -3.72. The van der Waals surface area contributed by atoms with Crippen molar-refractivity contribution in [3.8, 4) is 0 Å². The number of nitrogens with zero attached hydrogens (tertiary/aromatic N) is 2. The monoisotopic (exact) mass is 475 g/mol. The normalized spacial score (nSPS) is 17.9. The van der Waals surface area contributed by atoms with E-state index in [4.69, 9.17) is 0 Å². The number of anilines is 1. The Morgan fingerprint density at radius 1 is 1.19 bits per heavy atom. The predicted molar refractivity (Wildman–Crippen MR) is 132 cm³/mol. The largest absolute Gasteiger partial charge is 0.371 e. The maximum absolute atomic E-state index is 12.8. The molecule has 1 heterocycles. The van der Waals surface area contributed by atoms with Crippen LogP contribution >= 0.6 is 11.8 Å². The van der Waals surface area contributed by atoms with E-state index in [-0.39, 0.29) is 23.4 Å². The molecule has 1 amide bonds. The van der Waals surface area contributed by atoms with Crippen LogP contribution in [0.1, 0.15) is 38.3 Å². The van der Waals surface area contributed by atoms with E-state index in [2.05, 4.69) is 29.3 Å². The van der Waals surface area contributed by atoms with Gasteiger partial charge in [0.25, 0.3) is 0 Å². The van der Waals surface area contributed by atoms with Gasteiger partial charge in [0.1, 0.15) is 0 Å². The first-order valence-electron chi connectivity index (χ1n) is 11.0. The summed E-state index contributed by atoms with van der Waals surface area (Å²) in [5.74, 6) is 0.372. The highest BCUT2D eigenvalue weighted by Crippen LogP contribution is 2.25. The minimum absolute atomic E-state index is 0.182. The van der Waals surface area contributed by atoms with E-state index in [1.165, 1.54) is 25.6 Å². The quantitative estimate of drug-likeness (QED) is 0.581. The number of likely N-dealkylation sites (N-methyl/N-ethyl adjacent to an activating group) is 1. The molecule has 0 bridgehead atoms. The lowest BCUT2D eigenvalue weighted by Crippen LogP contribution is -2.39. The third-order valence-corrected chi connectivity index (χ3v) is 8.49. The lowest BCUT2D eigenvalue weighted by Gasteiger charge is -2.33. The topological polar surface area (TPSA) is 69.7 Å². The molecule has 2 atom stereocenters. The standard InChI is InChI=1S/C24H33N3O3S2/c1-18-6-5-15-27(16-18)21-9-7-20(8-10-21)19(2)25-24(28)17-26(3)32(29,30)23-13-11-22(31-4)12-14-23/h7-14,18-19H,5-6,15-17H2,1-4H3,(H,25,28). The van der Waals surface area contributed by atoms with Crippen LogP contribution in [0.3, 0.4) is 0 Å². The lowest BCUT2D eigenvalue weighted by atomic mass is 9.99. The van der Waals surface area contributed by atoms with Crippen molar-refractivity contribution in [1.29, 1.82) is 0 Å². The van der Waals surface area contributed by atoms with Gasteiger partial charge in [0, 0.05) is 30.7 Å². The molecule has 6 nitrogen and oxygen atoms in total. The molecule has 32 heavy (non-hydrogen) atoms. The Hall–Kier alpha value is -2.03. The number of carbonyl (C=O) groups is 1. The van der Waals surface area contributed by atoms with Crippen molar-refractivity contribution in [2.45, 2.75) is 42.5 Å². The van der Waals surface area contributed by atoms with Gasteiger partial charge >= 0.3 is 0 Å². The smallest absolute Gasteiger partial charge is 0.243 e. The molecular formula is C24H33N3O3S2. The summed E-state index contributed by atoms with van der Waals surface area (Å²) in [5.41, 5.74) is 2.20. The lowest BCUT2D eigenvalue weighted by molar-refractivity contribution is -0.121. The van der Waals surface area contributed by atoms with Gasteiger partial charge in [0.15, 0.2) is 0 Å². The number of hydrogen-bond acceptors (Lipinski definition) is 5. The summed E-state index contributed by atoms with van der Waals surface area (Å²) in [6.07, 6.45) is 4.43. The van der Waals surface area contributed by atoms with Crippen LogP contribution in [0.5, 0.6) is 0 Å². The average Bonchev–Trinajstić information content (AvgIpc) is 2.79. The Kier molecular flexibility index (Phi) is 8.25. The molecule has 1 fully saturated rings. The van der Waals surface area contributed by atoms with Crippen LogP contribution in [0.4, 0.5) is 5.69 Å². The van der Waals surface area contributed by atoms with Crippen LogP contribution < -0.4 is 10.2 Å². The number of piperidine rings is 1. The molecule has 0 aromatic heterocycles. The molecule has 0 aliphatic carbocycles. The highest BCUT2D eigenvalue weighted by atomic mass is 32.2. The van der Waals surface area contributed by atoms with Crippen LogP contribution in [0, 0.1) is 5.92 Å². The molecule has 1 aliphatic rings. The van der Waals surface area contributed by atoms with Crippen LogP contribution in [0.15, 0.2) is 58.3 Å². The van der Waals surface area contributed by atoms with Gasteiger partial charge in [-0.1, -0.05) is 19.1 Å². The highest BCUT2D eigenvalue weighted by Gasteiger charge is 2.24. The number of sulfonamides is 1. The molecule has 1 aliphatic heterocycles. The predicted octanol–water partition coefficient (Wildman–Crippen LogP) is 4.14. The van der Waals surface area contributed by atoms with E-state index in [0.29, 0.717) is 5.92 Å². The highest BCUT2D eigenvalue weighted by molar-refractivity contribution is 7.98. The van der Waals surface area contributed by atoms with Crippen molar-refractivity contribution in [1.82, 2.24) is 9.62 Å². The molecule has 2 unspecified atom stereocenters. The molecule has 2 aromatic rings. The number of amides is 1. The van der Waals surface area contributed by atoms with Crippen molar-refractivity contribution >= 4 is 33.4 Å². The Morgan fingerprint density at radius 3 is 2.44 bits per heavy atom. The SMILES string of the molecule is CSc1ccc(S(=O)(=O)N(C)CC(=O)NC(C)c2ccc(N3CCCC(C)C3)cc2)cc1. The zero-order chi connectivity index (χ0) is 23.3. The fraction of sp³-hybridized carbons (Fsp3) is 0.458. The third-order valence-electron chi connectivity index (χ3n) is 5.93. The third kappa shape index (κ3) is 6.05. The maximum Gasteiger partial charge on any atom is 0.243 e. The van der Waals surface area contributed by atoms with Crippen LogP contribution in [-0.2, 0) is 14.8 Å². The number of rotatable bonds is 8. The number of thioether (sulfide) groups is 1. The molecule has 3 rings (SSSR count). The van der Waals surface area contributed by atoms with E-state index in [1.807, 2.05) is 25.3 Å². The van der Waals surface area contributed by atoms with E-state index >= 15 is 0 Å². The molecule has 8 heteroatoms. The second kappa shape index (κ2) is 10.7. The van der Waals surface area contributed by atoms with Crippen molar-refractivity contribution in [2.75, 3.05) is 37.8 Å². The second-order valence-corrected chi connectivity index (χ2v) is 11.4. The summed E-state index contributed by atoms with van der Waals surface area (Å²) >= 11 is 1.55. The molecule has 0 saturated carbocycles. The second-order valence-electron chi connectivity index (χ2n) is 8.51. The molecule has 1 saturated heterocycles. The van der Waals surface area contributed by atoms with Gasteiger partial charge in [-0.25, -0.2) is 8.42 Å². The maximum atomic E-state index is 12.8. The van der Waals surface area contributed by atoms with Crippen molar-refractivity contribution in [3.63, 3.8) is 0 Å². The van der Waals surface area contributed by atoms with Gasteiger partial charge < -0.3 is 10.2 Å². The summed E-state index contributed by atoms with van der Waals surface area (Å²) in [6.45, 7) is 6.12. The first-order valence-corrected chi connectivity index (χ1v) is 13.6. The number of benzene rings is 2. The Bertz CT molecular complexity index is 1010. The van der Waals surface area contributed by atoms with Crippen molar-refractivity contribution < 1.29 is 13.2 Å². The summed E-state index contributed by atoms with van der Waals surface area (Å²) < 4.78 is 26.6. The number of nitrogens with one attached hydrogen (secondary N) is 1. The van der Waals surface area contributed by atoms with Crippen LogP contribution in [-0.4, -0.2) is 51.6 Å². The Morgan fingerprint density at radius 2 is 1.84 bits per heavy atom. The van der Waals surface area contributed by atoms with Gasteiger partial charge in [0.2, 0.25) is 15.9 Å². The average molecular weight is 476 g/mol. The first kappa shape index (κ1) is 24.6.